The number of aryl methyl sites for hydroxylation is 16. The molecule has 0 atom stereocenters. The molecule has 0 amide bonds. The molecular formula is C92H84N8O4+4. The van der Waals surface area contributed by atoms with Gasteiger partial charge in [0, 0.05) is 119 Å². The van der Waals surface area contributed by atoms with Crippen LogP contribution in [0.3, 0.4) is 0 Å². The van der Waals surface area contributed by atoms with Crippen LogP contribution in [0.2, 0.25) is 0 Å². The molecule has 0 spiro atoms. The third-order valence-electron chi connectivity index (χ3n) is 20.9. The minimum Gasteiger partial charge on any atom is -0.456 e. The monoisotopic (exact) mass is 1360 g/mol. The van der Waals surface area contributed by atoms with E-state index < -0.39 is 0 Å². The van der Waals surface area contributed by atoms with Crippen molar-refractivity contribution in [2.75, 3.05) is 0 Å². The topological polar surface area (TPSA) is 85.5 Å². The number of hydrogen-bond acceptors (Lipinski definition) is 4. The summed E-state index contributed by atoms with van der Waals surface area (Å²) in [5, 5.41) is 8.74. The van der Waals surface area contributed by atoms with E-state index in [1.807, 2.05) is 69.3 Å². The van der Waals surface area contributed by atoms with Gasteiger partial charge in [-0.2, -0.15) is 18.3 Å². The van der Waals surface area contributed by atoms with Crippen molar-refractivity contribution < 1.29 is 35.9 Å². The molecule has 512 valence electrons. The highest BCUT2D eigenvalue weighted by Crippen LogP contribution is 2.45. The van der Waals surface area contributed by atoms with Crippen LogP contribution in [0.15, 0.2) is 163 Å². The minimum absolute atomic E-state index is 0.601. The lowest BCUT2D eigenvalue weighted by Crippen LogP contribution is -2.35. The summed E-state index contributed by atoms with van der Waals surface area (Å²) in [7, 11) is 8.36. The van der Waals surface area contributed by atoms with E-state index in [-0.39, 0.29) is 0 Å². The first kappa shape index (κ1) is 70.0. The number of rotatable bonds is 4. The second-order valence-corrected chi connectivity index (χ2v) is 28.4. The Balaban J connectivity index is 0.000000123. The molecule has 0 saturated heterocycles. The van der Waals surface area contributed by atoms with Crippen LogP contribution >= 0.6 is 0 Å². The van der Waals surface area contributed by atoms with Crippen molar-refractivity contribution in [2.45, 2.75) is 111 Å². The van der Waals surface area contributed by atoms with Gasteiger partial charge in [0.25, 0.3) is 0 Å². The van der Waals surface area contributed by atoms with Gasteiger partial charge in [0.15, 0.2) is 45.5 Å². The van der Waals surface area contributed by atoms with Gasteiger partial charge in [-0.05, 0) is 168 Å². The van der Waals surface area contributed by atoms with Crippen molar-refractivity contribution in [2.24, 2.45) is 28.2 Å². The molecule has 0 aliphatic heterocycles. The fraction of sp³-hybridized carbons (Fsp3) is 0.217. The van der Waals surface area contributed by atoms with Crippen molar-refractivity contribution in [1.82, 2.24) is 0 Å². The first-order valence-corrected chi connectivity index (χ1v) is 34.9. The standard InChI is InChI=1S/4C23H21N2O/c1-13-9-16(4)25(6)19(10-13)22-15(3)11-14(2)21-18-8-7-17(24-5)12-20(18)26-23(21)22;1-13-9-16(4)25(6)19(10-13)22-14(2)7-8-18-21-15(3)11-17(24-5)12-20(21)26-23(18)22;1-13-9-16(4)25(6)20(10-13)22-14(2)7-8-17-18-11-15(3)19(24-5)12-21(18)26-23(17)22;1-13-11-15(3)25(6)20(12-13)21-14(2)7-8-18-17-9-10-19(24-5)16(4)22(17)26-23(18)21/h4*7-12H,1-4,6H3/q4*+1. The van der Waals surface area contributed by atoms with Crippen molar-refractivity contribution in [3.63, 3.8) is 0 Å². The second kappa shape index (κ2) is 27.1. The third kappa shape index (κ3) is 12.1. The molecule has 16 rings (SSSR count). The molecule has 12 heteroatoms. The number of aromatic nitrogens is 4. The van der Waals surface area contributed by atoms with E-state index in [2.05, 4.69) is 253 Å². The van der Waals surface area contributed by atoms with Crippen molar-refractivity contribution in [3.05, 3.63) is 281 Å². The average molecular weight is 1370 g/mol. The van der Waals surface area contributed by atoms with Crippen LogP contribution in [0.25, 0.3) is 152 Å². The van der Waals surface area contributed by atoms with Gasteiger partial charge in [-0.25, -0.2) is 19.4 Å². The van der Waals surface area contributed by atoms with E-state index in [0.717, 1.165) is 149 Å². The average Bonchev–Trinajstić information content (AvgIpc) is 1.59. The van der Waals surface area contributed by atoms with E-state index in [9.17, 15) is 0 Å². The number of fused-ring (bicyclic) bond motifs is 12. The molecule has 0 saturated carbocycles. The molecular weight excluding hydrogens is 1280 g/mol. The van der Waals surface area contributed by atoms with Gasteiger partial charge >= 0.3 is 0 Å². The molecule has 0 fully saturated rings. The maximum absolute atomic E-state index is 7.36. The quantitative estimate of drug-likeness (QED) is 0.130. The van der Waals surface area contributed by atoms with Crippen LogP contribution in [-0.4, -0.2) is 0 Å². The Labute approximate surface area is 607 Å². The summed E-state index contributed by atoms with van der Waals surface area (Å²) in [5.41, 5.74) is 37.0. The van der Waals surface area contributed by atoms with E-state index in [1.165, 1.54) is 72.8 Å². The van der Waals surface area contributed by atoms with Crippen LogP contribution in [0.4, 0.5) is 22.7 Å². The zero-order chi connectivity index (χ0) is 74.3. The summed E-state index contributed by atoms with van der Waals surface area (Å²) >= 11 is 0. The third-order valence-corrected chi connectivity index (χ3v) is 20.9. The van der Waals surface area contributed by atoms with Crippen LogP contribution in [0.5, 0.6) is 0 Å². The first-order chi connectivity index (χ1) is 49.6. The lowest BCUT2D eigenvalue weighted by molar-refractivity contribution is -0.666. The van der Waals surface area contributed by atoms with Crippen LogP contribution in [0.1, 0.15) is 89.5 Å². The lowest BCUT2D eigenvalue weighted by atomic mass is 9.96. The van der Waals surface area contributed by atoms with Crippen molar-refractivity contribution >= 4 is 111 Å². The molecule has 0 N–H and O–H groups in total. The summed E-state index contributed by atoms with van der Waals surface area (Å²) in [6.45, 7) is 62.9. The minimum atomic E-state index is 0.601. The Morgan fingerprint density at radius 3 is 1.13 bits per heavy atom. The van der Waals surface area contributed by atoms with Crippen molar-refractivity contribution in [3.8, 4) is 45.0 Å². The number of nitrogens with zero attached hydrogens (tertiary/aromatic N) is 8. The van der Waals surface area contributed by atoms with Gasteiger partial charge in [0.2, 0.25) is 22.8 Å². The van der Waals surface area contributed by atoms with Gasteiger partial charge in [0.05, 0.1) is 48.5 Å². The Hall–Kier alpha value is -12.5. The van der Waals surface area contributed by atoms with E-state index in [4.69, 9.17) is 44.0 Å². The number of pyridine rings is 4. The van der Waals surface area contributed by atoms with Gasteiger partial charge in [-0.15, -0.1) is 0 Å². The van der Waals surface area contributed by atoms with E-state index in [0.29, 0.717) is 22.7 Å². The molecule has 16 aromatic rings. The number of benzene rings is 8. The highest BCUT2D eigenvalue weighted by molar-refractivity contribution is 6.15. The summed E-state index contributed by atoms with van der Waals surface area (Å²) in [5.74, 6) is 0. The second-order valence-electron chi connectivity index (χ2n) is 28.4. The van der Waals surface area contributed by atoms with E-state index in [1.54, 1.807) is 0 Å². The van der Waals surface area contributed by atoms with Gasteiger partial charge in [-0.3, -0.25) is 0 Å². The van der Waals surface area contributed by atoms with Crippen LogP contribution < -0.4 is 18.3 Å². The molecule has 0 radical (unpaired) electrons. The van der Waals surface area contributed by atoms with Gasteiger partial charge in [-0.1, -0.05) is 78.9 Å². The normalized spacial score (nSPS) is 11.2. The Bertz CT molecular complexity index is 6440. The predicted octanol–water partition coefficient (Wildman–Crippen LogP) is 23.4. The van der Waals surface area contributed by atoms with E-state index >= 15 is 0 Å². The van der Waals surface area contributed by atoms with Gasteiger partial charge in [0.1, 0.15) is 72.9 Å². The zero-order valence-electron chi connectivity index (χ0n) is 63.1. The van der Waals surface area contributed by atoms with Gasteiger partial charge < -0.3 is 17.7 Å². The smallest absolute Gasteiger partial charge is 0.216 e. The molecule has 0 aliphatic carbocycles. The largest absolute Gasteiger partial charge is 0.456 e. The maximum atomic E-state index is 7.36. The molecule has 8 aromatic heterocycles. The molecule has 8 heterocycles. The summed E-state index contributed by atoms with van der Waals surface area (Å²) in [4.78, 5) is 14.3. The molecule has 0 bridgehead atoms. The summed E-state index contributed by atoms with van der Waals surface area (Å²) in [6, 6.07) is 49.9. The summed E-state index contributed by atoms with van der Waals surface area (Å²) < 4.78 is 34.1. The fourth-order valence-corrected chi connectivity index (χ4v) is 15.3. The zero-order valence-corrected chi connectivity index (χ0v) is 63.1. The Morgan fingerprint density at radius 1 is 0.260 bits per heavy atom. The maximum Gasteiger partial charge on any atom is 0.216 e. The molecule has 8 aromatic carbocycles. The number of hydrogen-bond donors (Lipinski definition) is 0. The van der Waals surface area contributed by atoms with Crippen LogP contribution in [0, 0.1) is 137 Å². The Kier molecular flexibility index (Phi) is 18.3. The highest BCUT2D eigenvalue weighted by atomic mass is 16.3. The van der Waals surface area contributed by atoms with Crippen LogP contribution in [-0.2, 0) is 28.2 Å². The lowest BCUT2D eigenvalue weighted by Gasteiger charge is -2.09. The first-order valence-electron chi connectivity index (χ1n) is 34.9. The molecule has 104 heavy (non-hydrogen) atoms. The summed E-state index contributed by atoms with van der Waals surface area (Å²) in [6.07, 6.45) is 0. The predicted molar refractivity (Wildman–Crippen MR) is 422 cm³/mol. The highest BCUT2D eigenvalue weighted by Gasteiger charge is 2.28. The Morgan fingerprint density at radius 2 is 0.644 bits per heavy atom. The SMILES string of the molecule is [C-]#[N+]c1cc(C)c2c(c1)oc1c(-c3cc(C)cc(C)[n+]3C)c(C)ccc12.[C-]#[N+]c1cc2oc3c(-c4cc(C)cc(C)[n+]4C)c(C)ccc3c2cc1C.[C-]#[N+]c1ccc2c(c1)oc1c(-c3cc(C)cc(C)[n+]3C)c(C)cc(C)c12.[C-]#[N+]c1ccc2c(oc3c(-c4cc(C)cc(C)[n+]4C)c(C)ccc32)c1C. The number of furan rings is 4. The molecule has 12 nitrogen and oxygen atoms in total. The molecule has 0 aliphatic rings. The molecule has 0 unspecified atom stereocenters. The van der Waals surface area contributed by atoms with Crippen molar-refractivity contribution in [1.29, 1.82) is 0 Å². The fourth-order valence-electron chi connectivity index (χ4n) is 15.3.